The van der Waals surface area contributed by atoms with Crippen LogP contribution in [0, 0.1) is 0 Å². The first kappa shape index (κ1) is 18.2. The average molecular weight is 391 g/mol. The maximum absolute atomic E-state index is 12.2. The van der Waals surface area contributed by atoms with Crippen molar-refractivity contribution in [1.82, 2.24) is 14.8 Å². The second-order valence-electron chi connectivity index (χ2n) is 5.46. The van der Waals surface area contributed by atoms with Crippen LogP contribution in [0.3, 0.4) is 0 Å². The molecule has 0 aliphatic rings. The molecular weight excluding hydrogens is 375 g/mol. The molecule has 6 nitrogen and oxygen atoms in total. The van der Waals surface area contributed by atoms with Gasteiger partial charge in [0, 0.05) is 31.6 Å². The molecule has 0 atom stereocenters. The lowest BCUT2D eigenvalue weighted by Gasteiger charge is -2.12. The van der Waals surface area contributed by atoms with Gasteiger partial charge in [0.1, 0.15) is 5.02 Å². The van der Waals surface area contributed by atoms with E-state index >= 15 is 0 Å². The molecule has 1 aromatic carbocycles. The van der Waals surface area contributed by atoms with Gasteiger partial charge in [-0.15, -0.1) is 0 Å². The fourth-order valence-electron chi connectivity index (χ4n) is 2.29. The zero-order valence-corrected chi connectivity index (χ0v) is 15.2. The maximum atomic E-state index is 12.2. The van der Waals surface area contributed by atoms with E-state index in [2.05, 4.69) is 15.4 Å². The van der Waals surface area contributed by atoms with E-state index < -0.39 is 0 Å². The highest BCUT2D eigenvalue weighted by Crippen LogP contribution is 2.33. The van der Waals surface area contributed by atoms with Gasteiger partial charge in [-0.1, -0.05) is 35.3 Å². The molecule has 3 rings (SSSR count). The van der Waals surface area contributed by atoms with E-state index in [0.717, 1.165) is 0 Å². The number of aromatic nitrogens is 3. The molecule has 8 heteroatoms. The van der Waals surface area contributed by atoms with Gasteiger partial charge in [0.05, 0.1) is 10.7 Å². The van der Waals surface area contributed by atoms with Crippen LogP contribution in [0.1, 0.15) is 12.8 Å². The fraction of sp³-hybridized carbons (Fsp3) is 0.167. The van der Waals surface area contributed by atoms with Gasteiger partial charge in [-0.3, -0.25) is 9.48 Å². The van der Waals surface area contributed by atoms with Crippen LogP contribution in [0.15, 0.2) is 55.0 Å². The predicted octanol–water partition coefficient (Wildman–Crippen LogP) is 4.80. The summed E-state index contributed by atoms with van der Waals surface area (Å²) in [7, 11) is 0. The van der Waals surface area contributed by atoms with Gasteiger partial charge >= 0.3 is 0 Å². The molecule has 0 aliphatic carbocycles. The lowest BCUT2D eigenvalue weighted by molar-refractivity contribution is -0.116. The van der Waals surface area contributed by atoms with Crippen LogP contribution in [-0.4, -0.2) is 20.7 Å². The highest BCUT2D eigenvalue weighted by Gasteiger charge is 2.11. The molecule has 0 radical (unpaired) electrons. The normalized spacial score (nSPS) is 10.5. The van der Waals surface area contributed by atoms with Crippen molar-refractivity contribution in [2.75, 3.05) is 5.32 Å². The molecular formula is C18H16Cl2N4O2. The number of hydrogen-bond acceptors (Lipinski definition) is 4. The van der Waals surface area contributed by atoms with Crippen molar-refractivity contribution in [1.29, 1.82) is 0 Å². The molecule has 134 valence electrons. The summed E-state index contributed by atoms with van der Waals surface area (Å²) in [4.78, 5) is 16.3. The van der Waals surface area contributed by atoms with Crippen molar-refractivity contribution >= 4 is 34.8 Å². The van der Waals surface area contributed by atoms with Gasteiger partial charge < -0.3 is 10.1 Å². The molecule has 0 spiro atoms. The molecule has 0 unspecified atom stereocenters. The van der Waals surface area contributed by atoms with E-state index in [-0.39, 0.29) is 16.8 Å². The largest absolute Gasteiger partial charge is 0.435 e. The van der Waals surface area contributed by atoms with Crippen molar-refractivity contribution in [2.45, 2.75) is 19.4 Å². The lowest BCUT2D eigenvalue weighted by atomic mass is 10.2. The Morgan fingerprint density at radius 1 is 1.23 bits per heavy atom. The third-order valence-electron chi connectivity index (χ3n) is 3.49. The Hall–Kier alpha value is -2.57. The van der Waals surface area contributed by atoms with Crippen LogP contribution < -0.4 is 10.1 Å². The van der Waals surface area contributed by atoms with Crippen LogP contribution in [-0.2, 0) is 11.3 Å². The number of halogens is 2. The summed E-state index contributed by atoms with van der Waals surface area (Å²) in [6, 6.07) is 10.5. The Labute approximate surface area is 160 Å². The minimum atomic E-state index is -0.108. The summed E-state index contributed by atoms with van der Waals surface area (Å²) >= 11 is 11.9. The smallest absolute Gasteiger partial charge is 0.238 e. The average Bonchev–Trinajstić information content (AvgIpc) is 3.12. The van der Waals surface area contributed by atoms with Gasteiger partial charge in [-0.25, -0.2) is 4.98 Å². The number of amides is 1. The van der Waals surface area contributed by atoms with E-state index in [1.165, 1.54) is 6.20 Å². The number of para-hydroxylation sites is 2. The molecule has 2 aromatic heterocycles. The summed E-state index contributed by atoms with van der Waals surface area (Å²) in [5, 5.41) is 7.67. The SMILES string of the molecule is O=C(CCCn1cccn1)Nc1ccccc1Oc1ncc(Cl)cc1Cl. The van der Waals surface area contributed by atoms with E-state index in [4.69, 9.17) is 27.9 Å². The first-order valence-corrected chi connectivity index (χ1v) is 8.72. The van der Waals surface area contributed by atoms with E-state index in [9.17, 15) is 4.79 Å². The second kappa shape index (κ2) is 8.69. The molecule has 26 heavy (non-hydrogen) atoms. The number of hydrogen-bond donors (Lipinski definition) is 1. The summed E-state index contributed by atoms with van der Waals surface area (Å²) < 4.78 is 7.52. The number of rotatable bonds is 7. The van der Waals surface area contributed by atoms with E-state index in [1.54, 1.807) is 35.1 Å². The summed E-state index contributed by atoms with van der Waals surface area (Å²) in [6.07, 6.45) is 6.07. The molecule has 0 aliphatic heterocycles. The predicted molar refractivity (Wildman–Crippen MR) is 101 cm³/mol. The standard InChI is InChI=1S/C18H16Cl2N4O2/c19-13-11-14(20)18(21-12-13)26-16-6-2-1-5-15(16)23-17(25)7-3-9-24-10-4-8-22-24/h1-2,4-6,8,10-12H,3,7,9H2,(H,23,25). The number of nitrogens with zero attached hydrogens (tertiary/aromatic N) is 3. The Kier molecular flexibility index (Phi) is 6.09. The number of anilines is 1. The number of carbonyl (C=O) groups is 1. The maximum Gasteiger partial charge on any atom is 0.238 e. The lowest BCUT2D eigenvalue weighted by Crippen LogP contribution is -2.13. The van der Waals surface area contributed by atoms with Gasteiger partial charge in [0.25, 0.3) is 0 Å². The molecule has 0 fully saturated rings. The number of pyridine rings is 1. The van der Waals surface area contributed by atoms with Crippen molar-refractivity contribution in [3.63, 3.8) is 0 Å². The van der Waals surface area contributed by atoms with Gasteiger partial charge in [-0.2, -0.15) is 5.10 Å². The van der Waals surface area contributed by atoms with Crippen LogP contribution in [0.25, 0.3) is 0 Å². The topological polar surface area (TPSA) is 69.0 Å². The zero-order chi connectivity index (χ0) is 18.4. The number of nitrogens with one attached hydrogen (secondary N) is 1. The van der Waals surface area contributed by atoms with Crippen LogP contribution in [0.5, 0.6) is 11.6 Å². The monoisotopic (exact) mass is 390 g/mol. The van der Waals surface area contributed by atoms with Gasteiger partial charge in [0.2, 0.25) is 11.8 Å². The number of ether oxygens (including phenoxy) is 1. The Bertz CT molecular complexity index is 885. The summed E-state index contributed by atoms with van der Waals surface area (Å²) in [5.41, 5.74) is 0.546. The molecule has 2 heterocycles. The zero-order valence-electron chi connectivity index (χ0n) is 13.7. The minimum absolute atomic E-state index is 0.108. The first-order chi connectivity index (χ1) is 12.6. The molecule has 1 amide bonds. The van der Waals surface area contributed by atoms with Gasteiger partial charge in [-0.05, 0) is 30.7 Å². The van der Waals surface area contributed by atoms with Crippen molar-refractivity contribution in [2.24, 2.45) is 0 Å². The second-order valence-corrected chi connectivity index (χ2v) is 6.30. The van der Waals surface area contributed by atoms with Crippen molar-refractivity contribution in [3.05, 3.63) is 65.0 Å². The summed E-state index contributed by atoms with van der Waals surface area (Å²) in [5.74, 6) is 0.560. The quantitative estimate of drug-likeness (QED) is 0.629. The Balaban J connectivity index is 1.62. The van der Waals surface area contributed by atoms with E-state index in [0.29, 0.717) is 35.8 Å². The molecule has 0 saturated carbocycles. The summed E-state index contributed by atoms with van der Waals surface area (Å²) in [6.45, 7) is 0.683. The molecule has 3 aromatic rings. The van der Waals surface area contributed by atoms with Crippen LogP contribution >= 0.6 is 23.2 Å². The highest BCUT2D eigenvalue weighted by atomic mass is 35.5. The van der Waals surface area contributed by atoms with Gasteiger partial charge in [0.15, 0.2) is 5.75 Å². The fourth-order valence-corrected chi connectivity index (χ4v) is 2.71. The Morgan fingerprint density at radius 3 is 2.85 bits per heavy atom. The highest BCUT2D eigenvalue weighted by molar-refractivity contribution is 6.35. The number of carbonyl (C=O) groups excluding carboxylic acids is 1. The molecule has 0 bridgehead atoms. The van der Waals surface area contributed by atoms with Crippen LogP contribution in [0.2, 0.25) is 10.0 Å². The van der Waals surface area contributed by atoms with Crippen molar-refractivity contribution < 1.29 is 9.53 Å². The third-order valence-corrected chi connectivity index (χ3v) is 3.97. The Morgan fingerprint density at radius 2 is 2.08 bits per heavy atom. The third kappa shape index (κ3) is 4.97. The molecule has 1 N–H and O–H groups in total. The first-order valence-electron chi connectivity index (χ1n) is 7.97. The minimum Gasteiger partial charge on any atom is -0.435 e. The van der Waals surface area contributed by atoms with E-state index in [1.807, 2.05) is 18.3 Å². The van der Waals surface area contributed by atoms with Crippen LogP contribution in [0.4, 0.5) is 5.69 Å². The molecule has 0 saturated heterocycles. The number of aryl methyl sites for hydroxylation is 1. The van der Waals surface area contributed by atoms with Crippen molar-refractivity contribution in [3.8, 4) is 11.6 Å². The number of benzene rings is 1.